The van der Waals surface area contributed by atoms with Gasteiger partial charge in [-0.25, -0.2) is 4.79 Å². The number of carbonyl (C=O) groups is 4. The Balaban J connectivity index is 1.56. The SMILES string of the molecule is C[C@@H](NC(=O)COC(=O)[C@H](C)N1C(=O)c2ccccc2C1=O)c1cccs1. The van der Waals surface area contributed by atoms with E-state index in [1.165, 1.54) is 30.4 Å². The maximum atomic E-state index is 12.4. The number of nitrogens with one attached hydrogen (secondary N) is 1. The van der Waals surface area contributed by atoms with E-state index >= 15 is 0 Å². The van der Waals surface area contributed by atoms with Gasteiger partial charge in [0.2, 0.25) is 0 Å². The number of ether oxygens (including phenoxy) is 1. The summed E-state index contributed by atoms with van der Waals surface area (Å²) in [6.45, 7) is 2.74. The number of nitrogens with zero attached hydrogens (tertiary/aromatic N) is 1. The van der Waals surface area contributed by atoms with Crippen molar-refractivity contribution < 1.29 is 23.9 Å². The highest BCUT2D eigenvalue weighted by molar-refractivity contribution is 7.10. The van der Waals surface area contributed by atoms with Crippen LogP contribution in [0.25, 0.3) is 0 Å². The molecule has 27 heavy (non-hydrogen) atoms. The van der Waals surface area contributed by atoms with E-state index in [4.69, 9.17) is 4.74 Å². The van der Waals surface area contributed by atoms with Crippen LogP contribution in [-0.2, 0) is 14.3 Å². The minimum Gasteiger partial charge on any atom is -0.454 e. The van der Waals surface area contributed by atoms with Crippen LogP contribution in [0.1, 0.15) is 45.5 Å². The first-order valence-electron chi connectivity index (χ1n) is 8.36. The highest BCUT2D eigenvalue weighted by Crippen LogP contribution is 2.24. The molecule has 0 aliphatic carbocycles. The smallest absolute Gasteiger partial charge is 0.329 e. The number of hydrogen-bond acceptors (Lipinski definition) is 6. The molecule has 0 fully saturated rings. The van der Waals surface area contributed by atoms with E-state index < -0.39 is 36.3 Å². The van der Waals surface area contributed by atoms with Crippen molar-refractivity contribution in [1.29, 1.82) is 0 Å². The Morgan fingerprint density at radius 2 is 1.70 bits per heavy atom. The Morgan fingerprint density at radius 1 is 1.07 bits per heavy atom. The Kier molecular flexibility index (Phi) is 5.36. The second-order valence-corrected chi connectivity index (χ2v) is 7.09. The Hall–Kier alpha value is -3.00. The van der Waals surface area contributed by atoms with Crippen LogP contribution in [-0.4, -0.2) is 41.2 Å². The van der Waals surface area contributed by atoms with Crippen LogP contribution >= 0.6 is 11.3 Å². The molecule has 0 saturated carbocycles. The average Bonchev–Trinajstić information content (AvgIpc) is 3.28. The Labute approximate surface area is 159 Å². The molecule has 2 atom stereocenters. The van der Waals surface area contributed by atoms with Crippen molar-refractivity contribution in [2.45, 2.75) is 25.9 Å². The molecule has 1 aromatic carbocycles. The molecule has 2 aromatic rings. The quantitative estimate of drug-likeness (QED) is 0.607. The average molecular weight is 386 g/mol. The lowest BCUT2D eigenvalue weighted by Crippen LogP contribution is -2.44. The predicted octanol–water partition coefficient (Wildman–Crippen LogP) is 2.15. The first-order chi connectivity index (χ1) is 12.9. The Morgan fingerprint density at radius 3 is 2.26 bits per heavy atom. The number of hydrogen-bond donors (Lipinski definition) is 1. The molecule has 8 heteroatoms. The van der Waals surface area contributed by atoms with Crippen molar-refractivity contribution in [2.75, 3.05) is 6.61 Å². The number of esters is 1. The van der Waals surface area contributed by atoms with Gasteiger partial charge in [-0.1, -0.05) is 18.2 Å². The van der Waals surface area contributed by atoms with Gasteiger partial charge in [-0.15, -0.1) is 11.3 Å². The van der Waals surface area contributed by atoms with Crippen molar-refractivity contribution >= 4 is 35.0 Å². The third-order valence-electron chi connectivity index (χ3n) is 4.25. The molecule has 0 saturated heterocycles. The lowest BCUT2D eigenvalue weighted by molar-refractivity contribution is -0.152. The minimum absolute atomic E-state index is 0.204. The molecule has 1 aliphatic rings. The fourth-order valence-corrected chi connectivity index (χ4v) is 3.55. The molecule has 0 radical (unpaired) electrons. The summed E-state index contributed by atoms with van der Waals surface area (Å²) in [5, 5.41) is 4.63. The zero-order chi connectivity index (χ0) is 19.6. The van der Waals surface area contributed by atoms with Crippen molar-refractivity contribution in [2.24, 2.45) is 0 Å². The van der Waals surface area contributed by atoms with Crippen LogP contribution in [0, 0.1) is 0 Å². The maximum Gasteiger partial charge on any atom is 0.329 e. The first kappa shape index (κ1) is 18.8. The van der Waals surface area contributed by atoms with E-state index in [-0.39, 0.29) is 17.2 Å². The highest BCUT2D eigenvalue weighted by Gasteiger charge is 2.41. The molecule has 2 heterocycles. The number of imide groups is 1. The summed E-state index contributed by atoms with van der Waals surface area (Å²) in [6, 6.07) is 8.81. The topological polar surface area (TPSA) is 92.8 Å². The lowest BCUT2D eigenvalue weighted by Gasteiger charge is -2.21. The fourth-order valence-electron chi connectivity index (χ4n) is 2.81. The maximum absolute atomic E-state index is 12.4. The molecule has 3 rings (SSSR count). The summed E-state index contributed by atoms with van der Waals surface area (Å²) in [5.74, 6) is -2.37. The van der Waals surface area contributed by atoms with Gasteiger partial charge >= 0.3 is 5.97 Å². The summed E-state index contributed by atoms with van der Waals surface area (Å²) in [4.78, 5) is 50.8. The fraction of sp³-hybridized carbons (Fsp3) is 0.263. The van der Waals surface area contributed by atoms with Crippen molar-refractivity contribution in [3.05, 3.63) is 57.8 Å². The first-order valence-corrected chi connectivity index (χ1v) is 9.24. The molecule has 1 aromatic heterocycles. The van der Waals surface area contributed by atoms with Crippen LogP contribution in [0.3, 0.4) is 0 Å². The van der Waals surface area contributed by atoms with E-state index in [2.05, 4.69) is 5.32 Å². The summed E-state index contributed by atoms with van der Waals surface area (Å²) < 4.78 is 5.00. The number of carbonyl (C=O) groups excluding carboxylic acids is 4. The van der Waals surface area contributed by atoms with Gasteiger partial charge < -0.3 is 10.1 Å². The third-order valence-corrected chi connectivity index (χ3v) is 5.30. The van der Waals surface area contributed by atoms with E-state index in [1.807, 2.05) is 24.4 Å². The van der Waals surface area contributed by atoms with Gasteiger partial charge in [0.25, 0.3) is 17.7 Å². The number of benzene rings is 1. The summed E-state index contributed by atoms with van der Waals surface area (Å²) in [7, 11) is 0. The molecule has 7 nitrogen and oxygen atoms in total. The van der Waals surface area contributed by atoms with Gasteiger partial charge in [-0.2, -0.15) is 0 Å². The predicted molar refractivity (Wildman–Crippen MR) is 98.2 cm³/mol. The van der Waals surface area contributed by atoms with Crippen molar-refractivity contribution in [3.8, 4) is 0 Å². The molecular weight excluding hydrogens is 368 g/mol. The summed E-state index contributed by atoms with van der Waals surface area (Å²) in [6.07, 6.45) is 0. The van der Waals surface area contributed by atoms with Gasteiger partial charge in [0, 0.05) is 4.88 Å². The molecule has 0 spiro atoms. The van der Waals surface area contributed by atoms with E-state index in [1.54, 1.807) is 12.1 Å². The largest absolute Gasteiger partial charge is 0.454 e. The number of rotatable bonds is 6. The van der Waals surface area contributed by atoms with E-state index in [0.717, 1.165) is 9.78 Å². The molecule has 140 valence electrons. The monoisotopic (exact) mass is 386 g/mol. The standard InChI is InChI=1S/C19H18N2O5S/c1-11(15-8-5-9-27-15)20-16(22)10-26-19(25)12(2)21-17(23)13-6-3-4-7-14(13)18(21)24/h3-9,11-12H,10H2,1-2H3,(H,20,22)/t11-,12+/m1/s1. The summed E-state index contributed by atoms with van der Waals surface area (Å²) >= 11 is 1.51. The Bertz CT molecular complexity index is 858. The van der Waals surface area contributed by atoms with Gasteiger partial charge in [0.15, 0.2) is 6.61 Å². The van der Waals surface area contributed by atoms with Gasteiger partial charge in [-0.3, -0.25) is 19.3 Å². The zero-order valence-corrected chi connectivity index (χ0v) is 15.6. The van der Waals surface area contributed by atoms with Crippen LogP contribution in [0.4, 0.5) is 0 Å². The zero-order valence-electron chi connectivity index (χ0n) is 14.8. The molecule has 3 amide bonds. The van der Waals surface area contributed by atoms with Crippen molar-refractivity contribution in [3.63, 3.8) is 0 Å². The molecule has 0 unspecified atom stereocenters. The van der Waals surface area contributed by atoms with E-state index in [9.17, 15) is 19.2 Å². The summed E-state index contributed by atoms with van der Waals surface area (Å²) in [5.41, 5.74) is 0.509. The highest BCUT2D eigenvalue weighted by atomic mass is 32.1. The molecule has 1 N–H and O–H groups in total. The van der Waals surface area contributed by atoms with Gasteiger partial charge in [0.1, 0.15) is 6.04 Å². The van der Waals surface area contributed by atoms with Gasteiger partial charge in [-0.05, 0) is 37.4 Å². The normalized spacial score (nSPS) is 15.3. The number of amides is 3. The molecular formula is C19H18N2O5S. The second-order valence-electron chi connectivity index (χ2n) is 6.11. The number of fused-ring (bicyclic) bond motifs is 1. The van der Waals surface area contributed by atoms with E-state index in [0.29, 0.717) is 0 Å². The van der Waals surface area contributed by atoms with Crippen molar-refractivity contribution in [1.82, 2.24) is 10.2 Å². The van der Waals surface area contributed by atoms with Crippen LogP contribution < -0.4 is 5.32 Å². The van der Waals surface area contributed by atoms with Crippen LogP contribution in [0.15, 0.2) is 41.8 Å². The third kappa shape index (κ3) is 3.75. The second kappa shape index (κ2) is 7.71. The number of thiophene rings is 1. The van der Waals surface area contributed by atoms with Gasteiger partial charge in [0.05, 0.1) is 17.2 Å². The van der Waals surface area contributed by atoms with Crippen LogP contribution in [0.5, 0.6) is 0 Å². The lowest BCUT2D eigenvalue weighted by atomic mass is 10.1. The minimum atomic E-state index is -1.13. The molecule has 1 aliphatic heterocycles. The molecule has 0 bridgehead atoms. The van der Waals surface area contributed by atoms with Crippen LogP contribution in [0.2, 0.25) is 0 Å².